The number of ether oxygens (including phenoxy) is 1. The quantitative estimate of drug-likeness (QED) is 0.782. The van der Waals surface area contributed by atoms with E-state index < -0.39 is 30.1 Å². The SMILES string of the molecule is CC/C(=C\C(=O)O)NC(=O)COc1cc(F)cc(F)c1. The van der Waals surface area contributed by atoms with Gasteiger partial charge in [0.15, 0.2) is 6.61 Å². The van der Waals surface area contributed by atoms with Crippen LogP contribution in [0.4, 0.5) is 8.78 Å². The number of halogens is 2. The monoisotopic (exact) mass is 285 g/mol. The van der Waals surface area contributed by atoms with Crippen LogP contribution in [0.2, 0.25) is 0 Å². The van der Waals surface area contributed by atoms with Gasteiger partial charge in [-0.25, -0.2) is 13.6 Å². The van der Waals surface area contributed by atoms with Crippen LogP contribution in [0.15, 0.2) is 30.0 Å². The van der Waals surface area contributed by atoms with Crippen molar-refractivity contribution < 1.29 is 28.2 Å². The van der Waals surface area contributed by atoms with E-state index in [1.165, 1.54) is 0 Å². The third kappa shape index (κ3) is 5.47. The maximum absolute atomic E-state index is 12.9. The molecular weight excluding hydrogens is 272 g/mol. The number of carboxylic acids is 1. The molecule has 0 bridgehead atoms. The molecule has 0 atom stereocenters. The highest BCUT2D eigenvalue weighted by molar-refractivity contribution is 5.84. The summed E-state index contributed by atoms with van der Waals surface area (Å²) in [5, 5.41) is 10.9. The van der Waals surface area contributed by atoms with E-state index >= 15 is 0 Å². The Balaban J connectivity index is 2.57. The molecule has 5 nitrogen and oxygen atoms in total. The molecule has 0 spiro atoms. The Morgan fingerprint density at radius 1 is 1.30 bits per heavy atom. The molecule has 20 heavy (non-hydrogen) atoms. The van der Waals surface area contributed by atoms with E-state index in [4.69, 9.17) is 9.84 Å². The zero-order chi connectivity index (χ0) is 15.1. The van der Waals surface area contributed by atoms with Crippen LogP contribution < -0.4 is 10.1 Å². The average molecular weight is 285 g/mol. The fraction of sp³-hybridized carbons (Fsp3) is 0.231. The van der Waals surface area contributed by atoms with E-state index in [2.05, 4.69) is 5.32 Å². The van der Waals surface area contributed by atoms with Gasteiger partial charge in [-0.15, -0.1) is 0 Å². The zero-order valence-corrected chi connectivity index (χ0v) is 10.7. The minimum absolute atomic E-state index is 0.127. The molecule has 0 fully saturated rings. The summed E-state index contributed by atoms with van der Waals surface area (Å²) in [6.07, 6.45) is 1.17. The standard InChI is InChI=1S/C13H13F2NO4/c1-2-10(6-13(18)19)16-12(17)7-20-11-4-8(14)3-9(15)5-11/h3-6H,2,7H2,1H3,(H,16,17)(H,18,19)/b10-6+. The average Bonchev–Trinajstić information content (AvgIpc) is 2.34. The molecule has 0 aliphatic rings. The third-order valence-electron chi connectivity index (χ3n) is 2.18. The molecule has 1 aromatic rings. The van der Waals surface area contributed by atoms with Gasteiger partial charge in [0.2, 0.25) is 0 Å². The number of benzene rings is 1. The first-order chi connectivity index (χ1) is 9.40. The van der Waals surface area contributed by atoms with Crippen LogP contribution >= 0.6 is 0 Å². The predicted octanol–water partition coefficient (Wildman–Crippen LogP) is 1.84. The highest BCUT2D eigenvalue weighted by Crippen LogP contribution is 2.15. The molecule has 1 aromatic carbocycles. The highest BCUT2D eigenvalue weighted by Gasteiger charge is 2.07. The van der Waals surface area contributed by atoms with Gasteiger partial charge in [-0.3, -0.25) is 4.79 Å². The maximum atomic E-state index is 12.9. The molecule has 0 aliphatic carbocycles. The summed E-state index contributed by atoms with van der Waals surface area (Å²) < 4.78 is 30.6. The van der Waals surface area contributed by atoms with Crippen LogP contribution in [0.25, 0.3) is 0 Å². The van der Waals surface area contributed by atoms with Crippen LogP contribution in [-0.2, 0) is 9.59 Å². The summed E-state index contributed by atoms with van der Waals surface area (Å²) >= 11 is 0. The van der Waals surface area contributed by atoms with Gasteiger partial charge in [-0.1, -0.05) is 6.92 Å². The van der Waals surface area contributed by atoms with Crippen molar-refractivity contribution in [2.75, 3.05) is 6.61 Å². The lowest BCUT2D eigenvalue weighted by Crippen LogP contribution is -2.28. The largest absolute Gasteiger partial charge is 0.484 e. The summed E-state index contributed by atoms with van der Waals surface area (Å²) in [6.45, 7) is 1.18. The van der Waals surface area contributed by atoms with Crippen LogP contribution in [0.5, 0.6) is 5.75 Å². The van der Waals surface area contributed by atoms with Crippen molar-refractivity contribution in [2.24, 2.45) is 0 Å². The van der Waals surface area contributed by atoms with Gasteiger partial charge in [0.1, 0.15) is 17.4 Å². The van der Waals surface area contributed by atoms with Crippen LogP contribution in [0, 0.1) is 11.6 Å². The summed E-state index contributed by atoms with van der Waals surface area (Å²) in [5.41, 5.74) is 0.205. The normalized spacial score (nSPS) is 11.1. The van der Waals surface area contributed by atoms with E-state index in [1.807, 2.05) is 0 Å². The highest BCUT2D eigenvalue weighted by atomic mass is 19.1. The number of nitrogens with one attached hydrogen (secondary N) is 1. The Bertz CT molecular complexity index is 523. The molecule has 0 aromatic heterocycles. The number of hydrogen-bond donors (Lipinski definition) is 2. The first-order valence-electron chi connectivity index (χ1n) is 5.73. The lowest BCUT2D eigenvalue weighted by Gasteiger charge is -2.09. The van der Waals surface area contributed by atoms with Gasteiger partial charge < -0.3 is 15.2 Å². The maximum Gasteiger partial charge on any atom is 0.330 e. The summed E-state index contributed by atoms with van der Waals surface area (Å²) in [5.74, 6) is -3.57. The van der Waals surface area contributed by atoms with E-state index in [0.717, 1.165) is 18.2 Å². The number of allylic oxidation sites excluding steroid dienone is 1. The van der Waals surface area contributed by atoms with Gasteiger partial charge in [0, 0.05) is 30.0 Å². The smallest absolute Gasteiger partial charge is 0.330 e. The van der Waals surface area contributed by atoms with Gasteiger partial charge in [0.05, 0.1) is 0 Å². The number of aliphatic carboxylic acids is 1. The van der Waals surface area contributed by atoms with Gasteiger partial charge in [0.25, 0.3) is 5.91 Å². The van der Waals surface area contributed by atoms with Crippen LogP contribution in [-0.4, -0.2) is 23.6 Å². The summed E-state index contributed by atoms with van der Waals surface area (Å²) in [6, 6.07) is 2.55. The van der Waals surface area contributed by atoms with Crippen molar-refractivity contribution in [3.63, 3.8) is 0 Å². The molecule has 1 amide bonds. The Kier molecular flexibility index (Phi) is 5.64. The van der Waals surface area contributed by atoms with Gasteiger partial charge in [-0.2, -0.15) is 0 Å². The van der Waals surface area contributed by atoms with E-state index in [-0.39, 0.29) is 11.4 Å². The van der Waals surface area contributed by atoms with Crippen LogP contribution in [0.1, 0.15) is 13.3 Å². The van der Waals surface area contributed by atoms with Crippen LogP contribution in [0.3, 0.4) is 0 Å². The minimum atomic E-state index is -1.18. The Morgan fingerprint density at radius 3 is 2.40 bits per heavy atom. The Hall–Kier alpha value is -2.44. The number of rotatable bonds is 6. The number of carbonyl (C=O) groups excluding carboxylic acids is 1. The first-order valence-corrected chi connectivity index (χ1v) is 5.73. The minimum Gasteiger partial charge on any atom is -0.484 e. The summed E-state index contributed by atoms with van der Waals surface area (Å²) in [4.78, 5) is 21.9. The second kappa shape index (κ2) is 7.22. The van der Waals surface area contributed by atoms with E-state index in [0.29, 0.717) is 12.5 Å². The molecule has 2 N–H and O–H groups in total. The number of carboxylic acid groups (broad SMARTS) is 1. The zero-order valence-electron chi connectivity index (χ0n) is 10.7. The molecule has 0 unspecified atom stereocenters. The number of amides is 1. The molecule has 0 saturated heterocycles. The van der Waals surface area contributed by atoms with E-state index in [9.17, 15) is 18.4 Å². The van der Waals surface area contributed by atoms with Gasteiger partial charge in [-0.05, 0) is 6.42 Å². The molecule has 0 radical (unpaired) electrons. The number of carbonyl (C=O) groups is 2. The predicted molar refractivity (Wildman–Crippen MR) is 66.0 cm³/mol. The lowest BCUT2D eigenvalue weighted by atomic mass is 10.3. The lowest BCUT2D eigenvalue weighted by molar-refractivity contribution is -0.131. The topological polar surface area (TPSA) is 75.6 Å². The molecule has 0 saturated carbocycles. The fourth-order valence-corrected chi connectivity index (χ4v) is 1.35. The number of hydrogen-bond acceptors (Lipinski definition) is 3. The van der Waals surface area contributed by atoms with Crippen molar-refractivity contribution >= 4 is 11.9 Å². The Labute approximate surface area is 113 Å². The van der Waals surface area contributed by atoms with Crippen molar-refractivity contribution in [3.05, 3.63) is 41.6 Å². The molecule has 0 heterocycles. The fourth-order valence-electron chi connectivity index (χ4n) is 1.35. The van der Waals surface area contributed by atoms with Gasteiger partial charge >= 0.3 is 5.97 Å². The second-order valence-corrected chi connectivity index (χ2v) is 3.80. The first kappa shape index (κ1) is 15.6. The third-order valence-corrected chi connectivity index (χ3v) is 2.18. The Morgan fingerprint density at radius 2 is 1.90 bits per heavy atom. The molecule has 0 aliphatic heterocycles. The molecule has 108 valence electrons. The van der Waals surface area contributed by atoms with E-state index in [1.54, 1.807) is 6.92 Å². The van der Waals surface area contributed by atoms with Crippen molar-refractivity contribution in [3.8, 4) is 5.75 Å². The van der Waals surface area contributed by atoms with Crippen molar-refractivity contribution in [1.82, 2.24) is 5.32 Å². The molecule has 1 rings (SSSR count). The molecular formula is C13H13F2NO4. The van der Waals surface area contributed by atoms with Crippen molar-refractivity contribution in [2.45, 2.75) is 13.3 Å². The summed E-state index contributed by atoms with van der Waals surface area (Å²) in [7, 11) is 0. The second-order valence-electron chi connectivity index (χ2n) is 3.80. The molecule has 7 heteroatoms. The van der Waals surface area contributed by atoms with Crippen molar-refractivity contribution in [1.29, 1.82) is 0 Å².